The minimum absolute atomic E-state index is 0.543. The quantitative estimate of drug-likeness (QED) is 0.918. The Morgan fingerprint density at radius 3 is 3.22 bits per heavy atom. The summed E-state index contributed by atoms with van der Waals surface area (Å²) < 4.78 is 1.59. The molecule has 0 amide bonds. The molecule has 0 saturated heterocycles. The Morgan fingerprint density at radius 2 is 2.50 bits per heavy atom. The molecule has 6 heteroatoms. The van der Waals surface area contributed by atoms with Crippen LogP contribution in [0, 0.1) is 0 Å². The lowest BCUT2D eigenvalue weighted by Gasteiger charge is -2.19. The molecule has 0 radical (unpaired) electrons. The number of hydrogen-bond donors (Lipinski definition) is 1. The van der Waals surface area contributed by atoms with Crippen molar-refractivity contribution in [1.82, 2.24) is 14.8 Å². The van der Waals surface area contributed by atoms with Crippen molar-refractivity contribution in [3.05, 3.63) is 34.0 Å². The lowest BCUT2D eigenvalue weighted by molar-refractivity contribution is -0.141. The highest BCUT2D eigenvalue weighted by atomic mass is 32.1. The van der Waals surface area contributed by atoms with Crippen molar-refractivity contribution in [2.45, 2.75) is 31.7 Å². The molecule has 94 valence electrons. The minimum atomic E-state index is -0.816. The van der Waals surface area contributed by atoms with Gasteiger partial charge in [-0.1, -0.05) is 6.07 Å². The van der Waals surface area contributed by atoms with Crippen LogP contribution >= 0.6 is 11.3 Å². The van der Waals surface area contributed by atoms with Gasteiger partial charge in [0.1, 0.15) is 5.82 Å². The first-order valence-electron chi connectivity index (χ1n) is 5.93. The molecule has 5 nitrogen and oxygen atoms in total. The molecule has 1 atom stereocenters. The Labute approximate surface area is 108 Å². The number of fused-ring (bicyclic) bond motifs is 1. The van der Waals surface area contributed by atoms with E-state index in [1.165, 1.54) is 4.88 Å². The highest BCUT2D eigenvalue weighted by molar-refractivity contribution is 7.09. The average molecular weight is 263 g/mol. The summed E-state index contributed by atoms with van der Waals surface area (Å²) in [6.07, 6.45) is 3.02. The van der Waals surface area contributed by atoms with Gasteiger partial charge >= 0.3 is 5.97 Å². The Bertz CT molecular complexity index is 562. The molecule has 1 aliphatic rings. The van der Waals surface area contributed by atoms with Crippen LogP contribution in [0.2, 0.25) is 0 Å². The first kappa shape index (κ1) is 11.4. The minimum Gasteiger partial charge on any atom is -0.480 e. The normalized spacial score (nSPS) is 18.6. The van der Waals surface area contributed by atoms with E-state index in [0.717, 1.165) is 24.5 Å². The number of nitrogens with zero attached hydrogens (tertiary/aromatic N) is 3. The van der Waals surface area contributed by atoms with E-state index in [1.54, 1.807) is 16.0 Å². The smallest absolute Gasteiger partial charge is 0.328 e. The van der Waals surface area contributed by atoms with Gasteiger partial charge in [-0.3, -0.25) is 0 Å². The summed E-state index contributed by atoms with van der Waals surface area (Å²) >= 11 is 1.67. The van der Waals surface area contributed by atoms with Crippen LogP contribution in [0.3, 0.4) is 0 Å². The molecular formula is C12H13N3O2S. The molecule has 0 saturated carbocycles. The van der Waals surface area contributed by atoms with Gasteiger partial charge < -0.3 is 5.11 Å². The molecular weight excluding hydrogens is 250 g/mol. The molecule has 0 aromatic carbocycles. The molecule has 0 bridgehead atoms. The SMILES string of the molecule is O=C(O)C1CCCc2nc(Cc3cccs3)nn21. The van der Waals surface area contributed by atoms with E-state index in [0.29, 0.717) is 12.8 Å². The highest BCUT2D eigenvalue weighted by Gasteiger charge is 2.28. The van der Waals surface area contributed by atoms with Crippen molar-refractivity contribution in [1.29, 1.82) is 0 Å². The predicted octanol–water partition coefficient (Wildman–Crippen LogP) is 1.89. The number of rotatable bonds is 3. The van der Waals surface area contributed by atoms with Crippen LogP contribution in [-0.4, -0.2) is 25.8 Å². The molecule has 1 aliphatic heterocycles. The first-order valence-corrected chi connectivity index (χ1v) is 6.81. The number of thiophene rings is 1. The van der Waals surface area contributed by atoms with Gasteiger partial charge in [0.2, 0.25) is 0 Å². The van der Waals surface area contributed by atoms with Gasteiger partial charge in [0, 0.05) is 17.7 Å². The Balaban J connectivity index is 1.89. The summed E-state index contributed by atoms with van der Waals surface area (Å²) in [7, 11) is 0. The second kappa shape index (κ2) is 4.53. The van der Waals surface area contributed by atoms with Gasteiger partial charge in [-0.2, -0.15) is 5.10 Å². The zero-order valence-corrected chi connectivity index (χ0v) is 10.6. The molecule has 2 aromatic heterocycles. The zero-order chi connectivity index (χ0) is 12.5. The third kappa shape index (κ3) is 2.03. The molecule has 1 N–H and O–H groups in total. The maximum Gasteiger partial charge on any atom is 0.328 e. The van der Waals surface area contributed by atoms with Crippen LogP contribution in [0.15, 0.2) is 17.5 Å². The number of aliphatic carboxylic acids is 1. The van der Waals surface area contributed by atoms with Crippen LogP contribution in [0.5, 0.6) is 0 Å². The van der Waals surface area contributed by atoms with Crippen molar-refractivity contribution < 1.29 is 9.90 Å². The van der Waals surface area contributed by atoms with E-state index in [9.17, 15) is 4.79 Å². The summed E-state index contributed by atoms with van der Waals surface area (Å²) in [5.74, 6) is 0.712. The van der Waals surface area contributed by atoms with E-state index in [-0.39, 0.29) is 0 Å². The summed E-state index contributed by atoms with van der Waals surface area (Å²) in [5.41, 5.74) is 0. The maximum atomic E-state index is 11.2. The summed E-state index contributed by atoms with van der Waals surface area (Å²) in [5, 5.41) is 15.5. The van der Waals surface area contributed by atoms with Crippen LogP contribution < -0.4 is 0 Å². The fourth-order valence-electron chi connectivity index (χ4n) is 2.27. The summed E-state index contributed by atoms with van der Waals surface area (Å²) in [6, 6.07) is 3.49. The van der Waals surface area contributed by atoms with Crippen molar-refractivity contribution >= 4 is 17.3 Å². The molecule has 2 aromatic rings. The van der Waals surface area contributed by atoms with E-state index in [2.05, 4.69) is 10.1 Å². The van der Waals surface area contributed by atoms with E-state index >= 15 is 0 Å². The Morgan fingerprint density at radius 1 is 1.61 bits per heavy atom. The van der Waals surface area contributed by atoms with E-state index in [4.69, 9.17) is 5.11 Å². The number of aryl methyl sites for hydroxylation is 1. The lowest BCUT2D eigenvalue weighted by Crippen LogP contribution is -2.26. The van der Waals surface area contributed by atoms with E-state index in [1.807, 2.05) is 17.5 Å². The first-order chi connectivity index (χ1) is 8.74. The molecule has 1 unspecified atom stereocenters. The number of carboxylic acid groups (broad SMARTS) is 1. The van der Waals surface area contributed by atoms with Gasteiger partial charge in [-0.05, 0) is 24.3 Å². The van der Waals surface area contributed by atoms with Crippen molar-refractivity contribution in [3.8, 4) is 0 Å². The third-order valence-electron chi connectivity index (χ3n) is 3.12. The number of aromatic nitrogens is 3. The molecule has 0 fully saturated rings. The topological polar surface area (TPSA) is 68.0 Å². The molecule has 3 rings (SSSR count). The standard InChI is InChI=1S/C12H13N3O2S/c16-12(17)9-4-1-5-11-13-10(14-15(9)11)7-8-3-2-6-18-8/h2-3,6,9H,1,4-5,7H2,(H,16,17). The van der Waals surface area contributed by atoms with Gasteiger partial charge in [-0.25, -0.2) is 14.5 Å². The van der Waals surface area contributed by atoms with Crippen LogP contribution in [0.25, 0.3) is 0 Å². The zero-order valence-electron chi connectivity index (χ0n) is 9.74. The second-order valence-corrected chi connectivity index (χ2v) is 5.42. The van der Waals surface area contributed by atoms with Crippen molar-refractivity contribution in [2.75, 3.05) is 0 Å². The molecule has 0 aliphatic carbocycles. The van der Waals surface area contributed by atoms with Gasteiger partial charge in [-0.15, -0.1) is 11.3 Å². The van der Waals surface area contributed by atoms with Crippen LogP contribution in [-0.2, 0) is 17.6 Å². The Kier molecular flexibility index (Phi) is 2.87. The van der Waals surface area contributed by atoms with Crippen molar-refractivity contribution in [3.63, 3.8) is 0 Å². The van der Waals surface area contributed by atoms with Gasteiger partial charge in [0.25, 0.3) is 0 Å². The third-order valence-corrected chi connectivity index (χ3v) is 3.99. The fourth-order valence-corrected chi connectivity index (χ4v) is 2.97. The highest BCUT2D eigenvalue weighted by Crippen LogP contribution is 2.24. The van der Waals surface area contributed by atoms with Crippen molar-refractivity contribution in [2.24, 2.45) is 0 Å². The second-order valence-electron chi connectivity index (χ2n) is 4.39. The fraction of sp³-hybridized carbons (Fsp3) is 0.417. The lowest BCUT2D eigenvalue weighted by atomic mass is 10.1. The molecule has 18 heavy (non-hydrogen) atoms. The monoisotopic (exact) mass is 263 g/mol. The molecule has 0 spiro atoms. The van der Waals surface area contributed by atoms with Crippen LogP contribution in [0.4, 0.5) is 0 Å². The summed E-state index contributed by atoms with van der Waals surface area (Å²) in [4.78, 5) is 16.8. The summed E-state index contributed by atoms with van der Waals surface area (Å²) in [6.45, 7) is 0. The largest absolute Gasteiger partial charge is 0.480 e. The Hall–Kier alpha value is -1.69. The van der Waals surface area contributed by atoms with E-state index < -0.39 is 12.0 Å². The van der Waals surface area contributed by atoms with Gasteiger partial charge in [0.05, 0.1) is 0 Å². The van der Waals surface area contributed by atoms with Gasteiger partial charge in [0.15, 0.2) is 11.9 Å². The number of hydrogen-bond acceptors (Lipinski definition) is 4. The average Bonchev–Trinajstić information content (AvgIpc) is 2.96. The number of carbonyl (C=O) groups is 1. The van der Waals surface area contributed by atoms with Crippen LogP contribution in [0.1, 0.15) is 35.4 Å². The molecule has 3 heterocycles. The number of carboxylic acids is 1. The maximum absolute atomic E-state index is 11.2. The predicted molar refractivity (Wildman–Crippen MR) is 66.8 cm³/mol.